The van der Waals surface area contributed by atoms with Crippen LogP contribution in [-0.4, -0.2) is 146 Å². The van der Waals surface area contributed by atoms with Crippen molar-refractivity contribution in [2.24, 2.45) is 0 Å². The summed E-state index contributed by atoms with van der Waals surface area (Å²) in [6, 6.07) is 0. The van der Waals surface area contributed by atoms with Crippen molar-refractivity contribution in [1.29, 1.82) is 0 Å². The third-order valence-corrected chi connectivity index (χ3v) is 5.45. The van der Waals surface area contributed by atoms with Gasteiger partial charge in [0.15, 0.2) is 18.8 Å². The van der Waals surface area contributed by atoms with Crippen molar-refractivity contribution in [3.63, 3.8) is 0 Å². The van der Waals surface area contributed by atoms with E-state index in [1.165, 1.54) is 0 Å². The number of rotatable bonds is 7. The lowest BCUT2D eigenvalue weighted by Crippen LogP contribution is -2.65. The minimum Gasteiger partial charge on any atom is -0.394 e. The van der Waals surface area contributed by atoms with Crippen LogP contribution in [0.5, 0.6) is 0 Å². The van der Waals surface area contributed by atoms with Gasteiger partial charge in [-0.2, -0.15) is 5.48 Å². The van der Waals surface area contributed by atoms with E-state index in [0.29, 0.717) is 0 Å². The van der Waals surface area contributed by atoms with Crippen molar-refractivity contribution < 1.29 is 69.7 Å². The summed E-state index contributed by atoms with van der Waals surface area (Å²) in [5.41, 5.74) is 2.30. The third kappa shape index (κ3) is 5.01. The molecule has 0 aromatic heterocycles. The van der Waals surface area contributed by atoms with Crippen molar-refractivity contribution in [3.05, 3.63) is 0 Å². The van der Waals surface area contributed by atoms with Gasteiger partial charge in [-0.25, -0.2) is 0 Å². The van der Waals surface area contributed by atoms with E-state index in [1.54, 1.807) is 0 Å². The van der Waals surface area contributed by atoms with Crippen molar-refractivity contribution in [2.75, 3.05) is 19.8 Å². The summed E-state index contributed by atoms with van der Waals surface area (Å²) in [6.07, 6.45) is -19.7. The van der Waals surface area contributed by atoms with E-state index in [-0.39, 0.29) is 0 Å². The second-order valence-electron chi connectivity index (χ2n) is 7.51. The Balaban J connectivity index is 1.72. The van der Waals surface area contributed by atoms with Crippen LogP contribution in [0.1, 0.15) is 0 Å². The zero-order valence-electron chi connectivity index (χ0n) is 16.2. The molecule has 0 radical (unpaired) electrons. The molecule has 3 aliphatic rings. The fourth-order valence-electron chi connectivity index (χ4n) is 3.55. The number of hydrogen-bond donors (Lipinski definition) is 10. The SMILES string of the molecule is OC[C@H]1ON[C@@H](O[C@@H]2O[C@H](CO)[C@@H](O)[C@H](O[C@@H]3O[C@H](CO)[C@@H](O)[C@H](O)[C@H]3O)[C@H]2O)[C@@H]1O. The Morgan fingerprint density at radius 2 is 1.13 bits per heavy atom. The molecule has 0 unspecified atom stereocenters. The molecule has 0 amide bonds. The minimum atomic E-state index is -1.80. The van der Waals surface area contributed by atoms with Crippen LogP contribution in [0, 0.1) is 0 Å². The maximum atomic E-state index is 10.6. The summed E-state index contributed by atoms with van der Waals surface area (Å²) in [5, 5.41) is 88.9. The second-order valence-corrected chi connectivity index (χ2v) is 7.51. The molecule has 0 saturated carbocycles. The van der Waals surface area contributed by atoms with E-state index < -0.39 is 99.7 Å². The monoisotopic (exact) mass is 459 g/mol. The van der Waals surface area contributed by atoms with Crippen LogP contribution in [0.25, 0.3) is 0 Å². The zero-order valence-corrected chi connectivity index (χ0v) is 16.2. The molecule has 0 aliphatic carbocycles. The molecular formula is C16H29NO14. The highest BCUT2D eigenvalue weighted by molar-refractivity contribution is 4.94. The maximum absolute atomic E-state index is 10.6. The quantitative estimate of drug-likeness (QED) is 0.170. The van der Waals surface area contributed by atoms with Crippen LogP contribution in [0.3, 0.4) is 0 Å². The molecule has 15 heteroatoms. The predicted octanol–water partition coefficient (Wildman–Crippen LogP) is -6.79. The fourth-order valence-corrected chi connectivity index (χ4v) is 3.55. The predicted molar refractivity (Wildman–Crippen MR) is 92.4 cm³/mol. The Hall–Kier alpha value is -0.600. The van der Waals surface area contributed by atoms with Crippen molar-refractivity contribution >= 4 is 0 Å². The van der Waals surface area contributed by atoms with E-state index >= 15 is 0 Å². The van der Waals surface area contributed by atoms with Crippen molar-refractivity contribution in [3.8, 4) is 0 Å². The number of hydrogen-bond acceptors (Lipinski definition) is 15. The highest BCUT2D eigenvalue weighted by atomic mass is 16.8. The molecule has 3 heterocycles. The molecule has 0 aromatic rings. The molecule has 3 rings (SSSR count). The molecule has 15 nitrogen and oxygen atoms in total. The van der Waals surface area contributed by atoms with Gasteiger partial charge >= 0.3 is 0 Å². The number of aliphatic hydroxyl groups excluding tert-OH is 9. The Kier molecular flexibility index (Phi) is 8.52. The first-order valence-corrected chi connectivity index (χ1v) is 9.67. The van der Waals surface area contributed by atoms with Gasteiger partial charge in [0, 0.05) is 0 Å². The first-order valence-electron chi connectivity index (χ1n) is 9.67. The largest absolute Gasteiger partial charge is 0.394 e. The van der Waals surface area contributed by atoms with Crippen LogP contribution < -0.4 is 5.48 Å². The van der Waals surface area contributed by atoms with Gasteiger partial charge in [-0.05, 0) is 0 Å². The van der Waals surface area contributed by atoms with E-state index in [0.717, 1.165) is 0 Å². The fraction of sp³-hybridized carbons (Fsp3) is 1.00. The van der Waals surface area contributed by atoms with Gasteiger partial charge < -0.3 is 64.9 Å². The summed E-state index contributed by atoms with van der Waals surface area (Å²) in [4.78, 5) is 4.92. The smallest absolute Gasteiger partial charge is 0.188 e. The molecular weight excluding hydrogens is 430 g/mol. The van der Waals surface area contributed by atoms with Gasteiger partial charge in [-0.3, -0.25) is 4.84 Å². The van der Waals surface area contributed by atoms with E-state index in [4.69, 9.17) is 28.9 Å². The lowest BCUT2D eigenvalue weighted by Gasteiger charge is -2.46. The van der Waals surface area contributed by atoms with Gasteiger partial charge in [0.25, 0.3) is 0 Å². The third-order valence-electron chi connectivity index (χ3n) is 5.45. The molecule has 3 saturated heterocycles. The van der Waals surface area contributed by atoms with Gasteiger partial charge in [0.05, 0.1) is 19.8 Å². The molecule has 182 valence electrons. The van der Waals surface area contributed by atoms with E-state index in [2.05, 4.69) is 5.48 Å². The molecule has 3 aliphatic heterocycles. The van der Waals surface area contributed by atoms with Gasteiger partial charge in [-0.15, -0.1) is 0 Å². The first kappa shape index (κ1) is 25.0. The minimum absolute atomic E-state index is 0.525. The number of ether oxygens (including phenoxy) is 4. The Morgan fingerprint density at radius 1 is 0.581 bits per heavy atom. The number of nitrogens with one attached hydrogen (secondary N) is 1. The molecule has 0 spiro atoms. The van der Waals surface area contributed by atoms with Gasteiger partial charge in [0.1, 0.15) is 61.0 Å². The Bertz CT molecular complexity index is 570. The summed E-state index contributed by atoms with van der Waals surface area (Å²) >= 11 is 0. The van der Waals surface area contributed by atoms with E-state index in [9.17, 15) is 40.9 Å². The summed E-state index contributed by atoms with van der Waals surface area (Å²) < 4.78 is 21.4. The molecule has 31 heavy (non-hydrogen) atoms. The Labute approximate surface area is 175 Å². The first-order chi connectivity index (χ1) is 14.7. The average Bonchev–Trinajstić information content (AvgIpc) is 3.12. The van der Waals surface area contributed by atoms with Crippen LogP contribution in [0.2, 0.25) is 0 Å². The van der Waals surface area contributed by atoms with Crippen molar-refractivity contribution in [1.82, 2.24) is 5.48 Å². The normalized spacial score (nSPS) is 51.2. The molecule has 3 fully saturated rings. The lowest BCUT2D eigenvalue weighted by atomic mass is 9.97. The molecule has 13 atom stereocenters. The van der Waals surface area contributed by atoms with Crippen LogP contribution >= 0.6 is 0 Å². The summed E-state index contributed by atoms with van der Waals surface area (Å²) in [5.74, 6) is 0. The zero-order chi connectivity index (χ0) is 22.9. The lowest BCUT2D eigenvalue weighted by molar-refractivity contribution is -0.366. The van der Waals surface area contributed by atoms with Crippen molar-refractivity contribution in [2.45, 2.75) is 79.8 Å². The summed E-state index contributed by atoms with van der Waals surface area (Å²) in [7, 11) is 0. The van der Waals surface area contributed by atoms with Crippen LogP contribution in [0.4, 0.5) is 0 Å². The summed E-state index contributed by atoms with van der Waals surface area (Å²) in [6.45, 7) is -1.96. The molecule has 0 bridgehead atoms. The maximum Gasteiger partial charge on any atom is 0.188 e. The average molecular weight is 459 g/mol. The van der Waals surface area contributed by atoms with Crippen LogP contribution in [-0.2, 0) is 23.8 Å². The molecule has 0 aromatic carbocycles. The number of hydroxylamine groups is 1. The highest BCUT2D eigenvalue weighted by Gasteiger charge is 2.52. The topological polar surface area (TPSA) is 240 Å². The van der Waals surface area contributed by atoms with Crippen LogP contribution in [0.15, 0.2) is 0 Å². The van der Waals surface area contributed by atoms with Gasteiger partial charge in [0.2, 0.25) is 0 Å². The number of aliphatic hydroxyl groups is 9. The highest BCUT2D eigenvalue weighted by Crippen LogP contribution is 2.30. The Morgan fingerprint density at radius 3 is 1.68 bits per heavy atom. The van der Waals surface area contributed by atoms with Gasteiger partial charge in [-0.1, -0.05) is 0 Å². The standard InChI is InChI=1S/C16H29NO14/c18-1-4-7(21)10(24)11(25)15(27-4)29-13-8(22)5(2-19)28-16(12(13)26)30-14-9(23)6(3-20)31-17-14/h4-26H,1-3H2/t4-,5-,6-,7-,8-,9-,10+,11-,12-,13+,14+,15+,16+/m1/s1. The molecule has 10 N–H and O–H groups in total. The second kappa shape index (κ2) is 10.6. The van der Waals surface area contributed by atoms with E-state index in [1.807, 2.05) is 0 Å².